The van der Waals surface area contributed by atoms with Crippen molar-refractivity contribution in [3.63, 3.8) is 0 Å². The first-order chi connectivity index (χ1) is 9.16. The highest BCUT2D eigenvalue weighted by Crippen LogP contribution is 2.31. The number of hydrogen-bond acceptors (Lipinski definition) is 3. The largest absolute Gasteiger partial charge is 0.240 e. The highest BCUT2D eigenvalue weighted by atomic mass is 35.5. The summed E-state index contributed by atoms with van der Waals surface area (Å²) in [7, 11) is 0. The Balaban J connectivity index is 2.31. The Morgan fingerprint density at radius 2 is 1.95 bits per heavy atom. The Kier molecular flexibility index (Phi) is 2.95. The van der Waals surface area contributed by atoms with Crippen molar-refractivity contribution in [3.05, 3.63) is 47.4 Å². The molecule has 0 aliphatic rings. The molecule has 0 fully saturated rings. The first-order valence-corrected chi connectivity index (χ1v) is 6.51. The maximum Gasteiger partial charge on any atom is 0.151 e. The van der Waals surface area contributed by atoms with Crippen LogP contribution in [0.3, 0.4) is 0 Å². The number of hydrogen-bond donors (Lipinski definition) is 0. The van der Waals surface area contributed by atoms with Gasteiger partial charge in [-0.1, -0.05) is 31.5 Å². The van der Waals surface area contributed by atoms with Gasteiger partial charge in [0.15, 0.2) is 5.15 Å². The zero-order chi connectivity index (χ0) is 13.4. The van der Waals surface area contributed by atoms with Crippen LogP contribution in [0, 0.1) is 0 Å². The van der Waals surface area contributed by atoms with E-state index in [1.54, 1.807) is 6.07 Å². The van der Waals surface area contributed by atoms with Crippen LogP contribution in [0.15, 0.2) is 36.5 Å². The summed E-state index contributed by atoms with van der Waals surface area (Å²) in [6, 6.07) is 9.62. The van der Waals surface area contributed by atoms with Crippen molar-refractivity contribution < 1.29 is 0 Å². The Morgan fingerprint density at radius 3 is 2.63 bits per heavy atom. The van der Waals surface area contributed by atoms with E-state index in [1.807, 2.05) is 35.0 Å². The third-order valence-corrected chi connectivity index (χ3v) is 3.20. The number of halogens is 1. The summed E-state index contributed by atoms with van der Waals surface area (Å²) in [6.07, 6.45) is 1.94. The van der Waals surface area contributed by atoms with Crippen LogP contribution in [-0.4, -0.2) is 19.8 Å². The van der Waals surface area contributed by atoms with Gasteiger partial charge in [-0.05, 0) is 30.2 Å². The summed E-state index contributed by atoms with van der Waals surface area (Å²) < 4.78 is 1.88. The van der Waals surface area contributed by atoms with Gasteiger partial charge in [0.2, 0.25) is 0 Å². The third-order valence-electron chi connectivity index (χ3n) is 3.00. The number of rotatable bonds is 2. The lowest BCUT2D eigenvalue weighted by Gasteiger charge is -2.04. The minimum absolute atomic E-state index is 0.312. The summed E-state index contributed by atoms with van der Waals surface area (Å²) >= 11 is 5.80. The zero-order valence-electron chi connectivity index (χ0n) is 10.7. The van der Waals surface area contributed by atoms with E-state index < -0.39 is 0 Å². The molecule has 0 N–H and O–H groups in total. The quantitative estimate of drug-likeness (QED) is 0.716. The second-order valence-electron chi connectivity index (χ2n) is 4.69. The monoisotopic (exact) mass is 272 g/mol. The van der Waals surface area contributed by atoms with E-state index in [1.165, 1.54) is 0 Å². The van der Waals surface area contributed by atoms with Gasteiger partial charge in [-0.3, -0.25) is 0 Å². The molecule has 0 saturated carbocycles. The SMILES string of the molecule is CC(C)c1nn2ccccc2c1-c1ccc(Cl)nn1. The van der Waals surface area contributed by atoms with E-state index in [0.29, 0.717) is 11.1 Å². The van der Waals surface area contributed by atoms with Crippen molar-refractivity contribution in [2.45, 2.75) is 19.8 Å². The molecule has 0 unspecified atom stereocenters. The number of aromatic nitrogens is 4. The Morgan fingerprint density at radius 1 is 1.11 bits per heavy atom. The predicted molar refractivity (Wildman–Crippen MR) is 75.3 cm³/mol. The van der Waals surface area contributed by atoms with Gasteiger partial charge in [0.1, 0.15) is 0 Å². The topological polar surface area (TPSA) is 43.1 Å². The molecule has 3 aromatic heterocycles. The van der Waals surface area contributed by atoms with Crippen LogP contribution in [0.1, 0.15) is 25.5 Å². The lowest BCUT2D eigenvalue weighted by atomic mass is 10.0. The second-order valence-corrected chi connectivity index (χ2v) is 5.07. The first-order valence-electron chi connectivity index (χ1n) is 6.13. The van der Waals surface area contributed by atoms with Gasteiger partial charge in [0.25, 0.3) is 0 Å². The van der Waals surface area contributed by atoms with Crippen molar-refractivity contribution in [2.75, 3.05) is 0 Å². The van der Waals surface area contributed by atoms with Gasteiger partial charge >= 0.3 is 0 Å². The average molecular weight is 273 g/mol. The maximum absolute atomic E-state index is 5.80. The molecule has 3 rings (SSSR count). The van der Waals surface area contributed by atoms with Gasteiger partial charge in [0, 0.05) is 6.20 Å². The molecule has 0 saturated heterocycles. The van der Waals surface area contributed by atoms with Crippen molar-refractivity contribution in [2.24, 2.45) is 0 Å². The summed E-state index contributed by atoms with van der Waals surface area (Å²) in [5.41, 5.74) is 3.87. The van der Waals surface area contributed by atoms with Gasteiger partial charge in [-0.15, -0.1) is 10.2 Å². The standard InChI is InChI=1S/C14H13ClN4/c1-9(2)14-13(10-6-7-12(15)17-16-10)11-5-3-4-8-19(11)18-14/h3-9H,1-2H3. The van der Waals surface area contributed by atoms with Gasteiger partial charge in [0.05, 0.1) is 22.5 Å². The Bertz CT molecular complexity index is 716. The predicted octanol–water partition coefficient (Wildman–Crippen LogP) is 3.57. The normalized spacial score (nSPS) is 11.4. The lowest BCUT2D eigenvalue weighted by molar-refractivity contribution is 0.789. The van der Waals surface area contributed by atoms with Crippen LogP contribution in [-0.2, 0) is 0 Å². The molecule has 96 valence electrons. The first kappa shape index (κ1) is 12.1. The summed E-state index contributed by atoms with van der Waals surface area (Å²) in [5, 5.41) is 13.1. The molecule has 0 amide bonds. The number of fused-ring (bicyclic) bond motifs is 1. The van der Waals surface area contributed by atoms with Crippen LogP contribution in [0.4, 0.5) is 0 Å². The number of nitrogens with zero attached hydrogens (tertiary/aromatic N) is 4. The van der Waals surface area contributed by atoms with E-state index in [0.717, 1.165) is 22.5 Å². The molecule has 0 aliphatic carbocycles. The van der Waals surface area contributed by atoms with Crippen LogP contribution >= 0.6 is 11.6 Å². The number of pyridine rings is 1. The molecular weight excluding hydrogens is 260 g/mol. The summed E-state index contributed by atoms with van der Waals surface area (Å²) in [6.45, 7) is 4.24. The van der Waals surface area contributed by atoms with Crippen molar-refractivity contribution in [1.29, 1.82) is 0 Å². The Hall–Kier alpha value is -1.94. The van der Waals surface area contributed by atoms with Crippen molar-refractivity contribution in [3.8, 4) is 11.3 Å². The molecule has 3 aromatic rings. The van der Waals surface area contributed by atoms with E-state index in [2.05, 4.69) is 29.1 Å². The van der Waals surface area contributed by atoms with Crippen molar-refractivity contribution >= 4 is 17.1 Å². The van der Waals surface area contributed by atoms with Crippen LogP contribution in [0.5, 0.6) is 0 Å². The van der Waals surface area contributed by atoms with E-state index in [4.69, 9.17) is 11.6 Å². The molecule has 5 heteroatoms. The molecule has 19 heavy (non-hydrogen) atoms. The fourth-order valence-corrected chi connectivity index (χ4v) is 2.23. The second kappa shape index (κ2) is 4.63. The van der Waals surface area contributed by atoms with Crippen LogP contribution in [0.25, 0.3) is 16.8 Å². The van der Waals surface area contributed by atoms with E-state index in [-0.39, 0.29) is 0 Å². The molecule has 0 radical (unpaired) electrons. The minimum atomic E-state index is 0.312. The maximum atomic E-state index is 5.80. The molecular formula is C14H13ClN4. The highest BCUT2D eigenvalue weighted by Gasteiger charge is 2.18. The molecule has 3 heterocycles. The summed E-state index contributed by atoms with van der Waals surface area (Å²) in [4.78, 5) is 0. The van der Waals surface area contributed by atoms with E-state index in [9.17, 15) is 0 Å². The Labute approximate surface area is 116 Å². The van der Waals surface area contributed by atoms with Gasteiger partial charge in [-0.25, -0.2) is 4.52 Å². The molecule has 0 aromatic carbocycles. The molecule has 0 atom stereocenters. The lowest BCUT2D eigenvalue weighted by Crippen LogP contribution is -1.94. The molecule has 0 bridgehead atoms. The molecule has 0 aliphatic heterocycles. The molecule has 0 spiro atoms. The average Bonchev–Trinajstić information content (AvgIpc) is 2.79. The van der Waals surface area contributed by atoms with Gasteiger partial charge < -0.3 is 0 Å². The van der Waals surface area contributed by atoms with Crippen LogP contribution in [0.2, 0.25) is 5.15 Å². The highest BCUT2D eigenvalue weighted by molar-refractivity contribution is 6.29. The minimum Gasteiger partial charge on any atom is -0.240 e. The fourth-order valence-electron chi connectivity index (χ4n) is 2.13. The van der Waals surface area contributed by atoms with Gasteiger partial charge in [-0.2, -0.15) is 5.10 Å². The fraction of sp³-hybridized carbons (Fsp3) is 0.214. The van der Waals surface area contributed by atoms with Crippen molar-refractivity contribution in [1.82, 2.24) is 19.8 Å². The smallest absolute Gasteiger partial charge is 0.151 e. The van der Waals surface area contributed by atoms with E-state index >= 15 is 0 Å². The third kappa shape index (κ3) is 2.08. The molecule has 4 nitrogen and oxygen atoms in total. The summed E-state index contributed by atoms with van der Waals surface area (Å²) in [5.74, 6) is 0.312. The zero-order valence-corrected chi connectivity index (χ0v) is 11.5. The van der Waals surface area contributed by atoms with Crippen LogP contribution < -0.4 is 0 Å².